The fourth-order valence-electron chi connectivity index (χ4n) is 2.63. The number of aromatic nitrogens is 1. The van der Waals surface area contributed by atoms with E-state index in [4.69, 9.17) is 20.8 Å². The summed E-state index contributed by atoms with van der Waals surface area (Å²) >= 11 is 6.14. The number of carbonyl (C=O) groups excluding carboxylic acids is 2. The molecule has 1 amide bonds. The van der Waals surface area contributed by atoms with Gasteiger partial charge in [-0.05, 0) is 29.8 Å². The van der Waals surface area contributed by atoms with Gasteiger partial charge in [0.25, 0.3) is 11.5 Å². The molecule has 0 radical (unpaired) electrons. The van der Waals surface area contributed by atoms with Crippen LogP contribution >= 0.6 is 11.6 Å². The molecule has 0 N–H and O–H groups in total. The van der Waals surface area contributed by atoms with Gasteiger partial charge in [-0.15, -0.1) is 0 Å². The number of hydrogen-bond acceptors (Lipinski definition) is 5. The molecular weight excluding hydrogens is 396 g/mol. The minimum absolute atomic E-state index is 0.165. The molecule has 0 aliphatic rings. The second-order valence-corrected chi connectivity index (χ2v) is 6.79. The van der Waals surface area contributed by atoms with Crippen LogP contribution in [0.4, 0.5) is 0 Å². The zero-order valence-corrected chi connectivity index (χ0v) is 16.5. The van der Waals surface area contributed by atoms with Crippen molar-refractivity contribution < 1.29 is 18.7 Å². The van der Waals surface area contributed by atoms with Gasteiger partial charge in [0.2, 0.25) is 0 Å². The maximum absolute atomic E-state index is 12.3. The highest BCUT2D eigenvalue weighted by atomic mass is 35.5. The van der Waals surface area contributed by atoms with Gasteiger partial charge in [0, 0.05) is 24.3 Å². The Morgan fingerprint density at radius 1 is 1.14 bits per heavy atom. The Hall–Kier alpha value is -3.32. The Morgan fingerprint density at radius 2 is 1.93 bits per heavy atom. The zero-order valence-electron chi connectivity index (χ0n) is 15.7. The highest BCUT2D eigenvalue weighted by Gasteiger charge is 2.15. The Morgan fingerprint density at radius 3 is 2.66 bits per heavy atom. The number of benzene rings is 1. The fraction of sp³-hybridized carbons (Fsp3) is 0.190. The first-order valence-corrected chi connectivity index (χ1v) is 9.19. The molecule has 0 saturated heterocycles. The van der Waals surface area contributed by atoms with Crippen LogP contribution in [0.5, 0.6) is 0 Å². The highest BCUT2D eigenvalue weighted by Crippen LogP contribution is 2.15. The molecular formula is C21H19ClN2O5. The molecule has 150 valence electrons. The minimum Gasteiger partial charge on any atom is -0.467 e. The lowest BCUT2D eigenvalue weighted by Gasteiger charge is -2.15. The van der Waals surface area contributed by atoms with Gasteiger partial charge in [0.15, 0.2) is 6.61 Å². The van der Waals surface area contributed by atoms with E-state index >= 15 is 0 Å². The van der Waals surface area contributed by atoms with Crippen LogP contribution in [0, 0.1) is 0 Å². The van der Waals surface area contributed by atoms with Crippen LogP contribution < -0.4 is 5.56 Å². The van der Waals surface area contributed by atoms with Crippen molar-refractivity contribution in [2.75, 3.05) is 13.7 Å². The summed E-state index contributed by atoms with van der Waals surface area (Å²) < 4.78 is 11.6. The molecule has 0 atom stereocenters. The van der Waals surface area contributed by atoms with Crippen molar-refractivity contribution in [1.82, 2.24) is 9.47 Å². The Kier molecular flexibility index (Phi) is 6.51. The number of rotatable bonds is 7. The van der Waals surface area contributed by atoms with E-state index in [0.29, 0.717) is 10.8 Å². The van der Waals surface area contributed by atoms with Gasteiger partial charge in [-0.2, -0.15) is 0 Å². The predicted octanol–water partition coefficient (Wildman–Crippen LogP) is 2.96. The van der Waals surface area contributed by atoms with E-state index in [0.717, 1.165) is 5.56 Å². The number of furan rings is 1. The molecule has 0 spiro atoms. The van der Waals surface area contributed by atoms with Crippen molar-refractivity contribution in [2.45, 2.75) is 13.1 Å². The predicted molar refractivity (Wildman–Crippen MR) is 107 cm³/mol. The molecule has 3 aromatic rings. The van der Waals surface area contributed by atoms with Gasteiger partial charge in [-0.25, -0.2) is 4.79 Å². The Bertz CT molecular complexity index is 1060. The van der Waals surface area contributed by atoms with E-state index in [1.807, 2.05) is 6.07 Å². The molecule has 0 saturated carbocycles. The van der Waals surface area contributed by atoms with Crippen LogP contribution in [0.3, 0.4) is 0 Å². The number of likely N-dealkylation sites (N-methyl/N-ethyl adjacent to an activating group) is 1. The Balaban J connectivity index is 1.63. The summed E-state index contributed by atoms with van der Waals surface area (Å²) in [5.41, 5.74) is 0.630. The minimum atomic E-state index is -0.697. The van der Waals surface area contributed by atoms with Crippen LogP contribution in [0.2, 0.25) is 5.02 Å². The molecule has 3 rings (SSSR count). The van der Waals surface area contributed by atoms with Gasteiger partial charge < -0.3 is 18.6 Å². The first kappa shape index (κ1) is 20.4. The van der Waals surface area contributed by atoms with Gasteiger partial charge in [-0.3, -0.25) is 9.59 Å². The summed E-state index contributed by atoms with van der Waals surface area (Å²) in [5.74, 6) is -0.448. The summed E-state index contributed by atoms with van der Waals surface area (Å²) in [6, 6.07) is 13.3. The lowest BCUT2D eigenvalue weighted by atomic mass is 10.2. The summed E-state index contributed by atoms with van der Waals surface area (Å²) in [4.78, 5) is 38.0. The average Bonchev–Trinajstić information content (AvgIpc) is 3.22. The quantitative estimate of drug-likeness (QED) is 0.555. The topological polar surface area (TPSA) is 81.8 Å². The van der Waals surface area contributed by atoms with Crippen molar-refractivity contribution in [3.8, 4) is 0 Å². The molecule has 7 nitrogen and oxygen atoms in total. The second kappa shape index (κ2) is 9.25. The van der Waals surface area contributed by atoms with Gasteiger partial charge in [0.05, 0.1) is 24.9 Å². The van der Waals surface area contributed by atoms with Crippen molar-refractivity contribution in [3.63, 3.8) is 0 Å². The van der Waals surface area contributed by atoms with Gasteiger partial charge in [-0.1, -0.05) is 29.8 Å². The maximum Gasteiger partial charge on any atom is 0.340 e. The lowest BCUT2D eigenvalue weighted by Crippen LogP contribution is -2.31. The summed E-state index contributed by atoms with van der Waals surface area (Å²) in [6.45, 7) is 0.0657. The maximum atomic E-state index is 12.3. The van der Waals surface area contributed by atoms with Crippen LogP contribution in [0.25, 0.3) is 0 Å². The monoisotopic (exact) mass is 414 g/mol. The number of halogens is 1. The molecule has 0 aliphatic heterocycles. The second-order valence-electron chi connectivity index (χ2n) is 6.38. The molecule has 1 aromatic carbocycles. The number of hydrogen-bond donors (Lipinski definition) is 0. The van der Waals surface area contributed by atoms with Gasteiger partial charge in [0.1, 0.15) is 5.76 Å². The van der Waals surface area contributed by atoms with Crippen molar-refractivity contribution in [2.24, 2.45) is 0 Å². The average molecular weight is 415 g/mol. The SMILES string of the molecule is CN(Cc1ccco1)C(=O)COC(=O)c1ccc(=O)n(Cc2ccccc2Cl)c1. The number of nitrogens with zero attached hydrogens (tertiary/aromatic N) is 2. The largest absolute Gasteiger partial charge is 0.467 e. The standard InChI is InChI=1S/C21H19ClN2O5/c1-23(13-17-6-4-10-28-17)20(26)14-29-21(27)16-8-9-19(25)24(12-16)11-15-5-2-3-7-18(15)22/h2-10,12H,11,13-14H2,1H3. The van der Waals surface area contributed by atoms with Crippen molar-refractivity contribution >= 4 is 23.5 Å². The molecule has 2 heterocycles. The first-order valence-electron chi connectivity index (χ1n) is 8.81. The number of amides is 1. The van der Waals surface area contributed by atoms with Crippen molar-refractivity contribution in [3.05, 3.63) is 93.3 Å². The third-order valence-electron chi connectivity index (χ3n) is 4.24. The third-order valence-corrected chi connectivity index (χ3v) is 4.61. The van der Waals surface area contributed by atoms with Crippen LogP contribution in [0.1, 0.15) is 21.7 Å². The molecule has 29 heavy (non-hydrogen) atoms. The van der Waals surface area contributed by atoms with E-state index in [2.05, 4.69) is 0 Å². The molecule has 0 bridgehead atoms. The third kappa shape index (κ3) is 5.36. The fourth-order valence-corrected chi connectivity index (χ4v) is 2.83. The zero-order chi connectivity index (χ0) is 20.8. The normalized spacial score (nSPS) is 10.6. The molecule has 0 fully saturated rings. The highest BCUT2D eigenvalue weighted by molar-refractivity contribution is 6.31. The Labute approximate surface area is 172 Å². The smallest absolute Gasteiger partial charge is 0.340 e. The summed E-state index contributed by atoms with van der Waals surface area (Å²) in [5, 5.41) is 0.526. The van der Waals surface area contributed by atoms with E-state index in [1.165, 1.54) is 34.1 Å². The molecule has 0 unspecified atom stereocenters. The molecule has 8 heteroatoms. The lowest BCUT2D eigenvalue weighted by molar-refractivity contribution is -0.133. The number of ether oxygens (including phenoxy) is 1. The van der Waals surface area contributed by atoms with E-state index < -0.39 is 12.6 Å². The molecule has 2 aromatic heterocycles. The van der Waals surface area contributed by atoms with Crippen LogP contribution in [-0.4, -0.2) is 35.0 Å². The van der Waals surface area contributed by atoms with Crippen LogP contribution in [-0.2, 0) is 22.6 Å². The van der Waals surface area contributed by atoms with Crippen molar-refractivity contribution in [1.29, 1.82) is 0 Å². The first-order chi connectivity index (χ1) is 13.9. The summed E-state index contributed by atoms with van der Waals surface area (Å²) in [6.07, 6.45) is 2.91. The van der Waals surface area contributed by atoms with E-state index in [-0.39, 0.29) is 30.1 Å². The van der Waals surface area contributed by atoms with E-state index in [9.17, 15) is 14.4 Å². The number of carbonyl (C=O) groups is 2. The van der Waals surface area contributed by atoms with E-state index in [1.54, 1.807) is 37.4 Å². The van der Waals surface area contributed by atoms with Crippen LogP contribution in [0.15, 0.2) is 70.2 Å². The number of pyridine rings is 1. The number of esters is 1. The van der Waals surface area contributed by atoms with Gasteiger partial charge >= 0.3 is 5.97 Å². The molecule has 0 aliphatic carbocycles. The summed E-state index contributed by atoms with van der Waals surface area (Å²) in [7, 11) is 1.59.